The first kappa shape index (κ1) is 11.7. The maximum atomic E-state index is 13.3. The van der Waals surface area contributed by atoms with Gasteiger partial charge in [0.05, 0.1) is 0 Å². The van der Waals surface area contributed by atoms with Gasteiger partial charge in [-0.15, -0.1) is 0 Å². The molecule has 0 aliphatic heterocycles. The van der Waals surface area contributed by atoms with Crippen molar-refractivity contribution >= 4 is 5.82 Å². The lowest BCUT2D eigenvalue weighted by Crippen LogP contribution is -1.92. The fourth-order valence-corrected chi connectivity index (χ4v) is 1.15. The molecule has 0 bridgehead atoms. The maximum absolute atomic E-state index is 13.3. The molecule has 0 radical (unpaired) electrons. The molecule has 1 heterocycles. The van der Waals surface area contributed by atoms with Crippen LogP contribution in [-0.2, 0) is 0 Å². The molecule has 0 atom stereocenters. The summed E-state index contributed by atoms with van der Waals surface area (Å²) in [5.74, 6) is -1.74. The van der Waals surface area contributed by atoms with Crippen LogP contribution in [0.4, 0.5) is 14.6 Å². The fourth-order valence-electron chi connectivity index (χ4n) is 1.15. The summed E-state index contributed by atoms with van der Waals surface area (Å²) < 4.78 is 31.2. The van der Waals surface area contributed by atoms with Crippen LogP contribution in [0.15, 0.2) is 35.7 Å². The summed E-state index contributed by atoms with van der Waals surface area (Å²) in [6.45, 7) is 0. The van der Waals surface area contributed by atoms with Crippen LogP contribution < -0.4 is 4.74 Å². The lowest BCUT2D eigenvalue weighted by molar-refractivity contribution is 0.422. The molecule has 0 aliphatic rings. The highest BCUT2D eigenvalue weighted by atomic mass is 19.1. The van der Waals surface area contributed by atoms with Crippen LogP contribution in [0.1, 0.15) is 0 Å². The van der Waals surface area contributed by atoms with Crippen LogP contribution in [-0.4, -0.2) is 9.97 Å². The minimum absolute atomic E-state index is 0.0133. The van der Waals surface area contributed by atoms with Gasteiger partial charge < -0.3 is 4.74 Å². The minimum Gasteiger partial charge on any atom is -0.436 e. The predicted octanol–water partition coefficient (Wildman–Crippen LogP) is 3.49. The van der Waals surface area contributed by atoms with E-state index in [-0.39, 0.29) is 17.4 Å². The van der Waals surface area contributed by atoms with Crippen LogP contribution in [0.25, 0.3) is 10.4 Å². The van der Waals surface area contributed by atoms with Crippen LogP contribution in [0.2, 0.25) is 0 Å². The molecule has 0 spiro atoms. The van der Waals surface area contributed by atoms with E-state index in [0.29, 0.717) is 0 Å². The van der Waals surface area contributed by atoms with Crippen molar-refractivity contribution in [3.8, 4) is 11.6 Å². The van der Waals surface area contributed by atoms with Crippen molar-refractivity contribution in [3.05, 3.63) is 52.7 Å². The number of nitrogens with zero attached hydrogens (tertiary/aromatic N) is 5. The molecule has 6 nitrogen and oxygen atoms in total. The molecule has 0 fully saturated rings. The van der Waals surface area contributed by atoms with E-state index in [1.54, 1.807) is 0 Å². The van der Waals surface area contributed by atoms with Gasteiger partial charge in [-0.1, -0.05) is 0 Å². The topological polar surface area (TPSA) is 83.8 Å². The Hall–Kier alpha value is -2.73. The van der Waals surface area contributed by atoms with E-state index in [1.165, 1.54) is 6.07 Å². The minimum atomic E-state index is -0.736. The summed E-state index contributed by atoms with van der Waals surface area (Å²) >= 11 is 0. The van der Waals surface area contributed by atoms with Crippen LogP contribution >= 0.6 is 0 Å². The molecule has 0 saturated heterocycles. The third kappa shape index (κ3) is 2.69. The molecule has 2 aromatic rings. The number of rotatable bonds is 3. The third-order valence-electron chi connectivity index (χ3n) is 1.88. The van der Waals surface area contributed by atoms with Gasteiger partial charge in [0.15, 0.2) is 11.6 Å². The molecule has 90 valence electrons. The Kier molecular flexibility index (Phi) is 3.31. The second kappa shape index (κ2) is 5.07. The molecule has 1 aromatic carbocycles. The number of aromatic nitrogens is 2. The van der Waals surface area contributed by atoms with Gasteiger partial charge >= 0.3 is 0 Å². The van der Waals surface area contributed by atoms with Crippen molar-refractivity contribution < 1.29 is 13.5 Å². The van der Waals surface area contributed by atoms with Crippen LogP contribution in [0.5, 0.6) is 11.6 Å². The highest BCUT2D eigenvalue weighted by Crippen LogP contribution is 2.25. The van der Waals surface area contributed by atoms with Crippen molar-refractivity contribution in [2.45, 2.75) is 0 Å². The number of hydrogen-bond donors (Lipinski definition) is 0. The van der Waals surface area contributed by atoms with Gasteiger partial charge in [0, 0.05) is 17.0 Å². The molecule has 0 saturated carbocycles. The first-order valence-corrected chi connectivity index (χ1v) is 4.69. The van der Waals surface area contributed by atoms with E-state index < -0.39 is 11.6 Å². The first-order chi connectivity index (χ1) is 8.69. The zero-order chi connectivity index (χ0) is 13.0. The van der Waals surface area contributed by atoms with E-state index in [4.69, 9.17) is 10.3 Å². The Morgan fingerprint density at radius 1 is 1.22 bits per heavy atom. The second-order valence-corrected chi connectivity index (χ2v) is 3.08. The molecular weight excluding hydrogens is 244 g/mol. The molecule has 0 unspecified atom stereocenters. The van der Waals surface area contributed by atoms with Crippen molar-refractivity contribution in [1.82, 2.24) is 9.97 Å². The van der Waals surface area contributed by atoms with Crippen molar-refractivity contribution in [2.75, 3.05) is 0 Å². The number of benzene rings is 1. The van der Waals surface area contributed by atoms with E-state index >= 15 is 0 Å². The summed E-state index contributed by atoms with van der Waals surface area (Å²) in [6, 6.07) is 3.97. The molecule has 2 rings (SSSR count). The molecule has 0 amide bonds. The number of azide groups is 1. The van der Waals surface area contributed by atoms with Gasteiger partial charge in [-0.05, 0) is 22.8 Å². The lowest BCUT2D eigenvalue weighted by Gasteiger charge is -2.05. The van der Waals surface area contributed by atoms with Gasteiger partial charge in [-0.2, -0.15) is 0 Å². The van der Waals surface area contributed by atoms with Crippen LogP contribution in [0, 0.1) is 11.6 Å². The first-order valence-electron chi connectivity index (χ1n) is 4.69. The zero-order valence-corrected chi connectivity index (χ0v) is 8.79. The average Bonchev–Trinajstić information content (AvgIpc) is 2.35. The predicted molar refractivity (Wildman–Crippen MR) is 57.3 cm³/mol. The quantitative estimate of drug-likeness (QED) is 0.474. The summed E-state index contributed by atoms with van der Waals surface area (Å²) in [5, 5.41) is 3.23. The van der Waals surface area contributed by atoms with Gasteiger partial charge in [-0.3, -0.25) is 0 Å². The lowest BCUT2D eigenvalue weighted by atomic mass is 10.3. The molecule has 8 heteroatoms. The highest BCUT2D eigenvalue weighted by Gasteiger charge is 2.07. The third-order valence-corrected chi connectivity index (χ3v) is 1.88. The summed E-state index contributed by atoms with van der Waals surface area (Å²) in [4.78, 5) is 9.84. The van der Waals surface area contributed by atoms with Gasteiger partial charge in [-0.25, -0.2) is 18.7 Å². The van der Waals surface area contributed by atoms with E-state index in [9.17, 15) is 8.78 Å². The smallest absolute Gasteiger partial charge is 0.222 e. The SMILES string of the molecule is [N-]=[N+]=Nc1cc(Oc2cc(F)ccc2F)ncn1. The van der Waals surface area contributed by atoms with Crippen molar-refractivity contribution in [3.63, 3.8) is 0 Å². The Bertz CT molecular complexity index is 627. The van der Waals surface area contributed by atoms with Crippen molar-refractivity contribution in [2.24, 2.45) is 5.11 Å². The van der Waals surface area contributed by atoms with Crippen LogP contribution in [0.3, 0.4) is 0 Å². The summed E-state index contributed by atoms with van der Waals surface area (Å²) in [5.41, 5.74) is 8.23. The highest BCUT2D eigenvalue weighted by molar-refractivity contribution is 5.34. The number of hydrogen-bond acceptors (Lipinski definition) is 4. The summed E-state index contributed by atoms with van der Waals surface area (Å²) in [7, 11) is 0. The normalized spacial score (nSPS) is 9.67. The molecular formula is C10H5F2N5O. The van der Waals surface area contributed by atoms with E-state index in [1.807, 2.05) is 0 Å². The Labute approximate surface area is 99.5 Å². The summed E-state index contributed by atoms with van der Waals surface area (Å²) in [6.07, 6.45) is 1.08. The molecule has 18 heavy (non-hydrogen) atoms. The largest absolute Gasteiger partial charge is 0.436 e. The Morgan fingerprint density at radius 2 is 2.06 bits per heavy atom. The van der Waals surface area contributed by atoms with E-state index in [0.717, 1.165) is 24.5 Å². The molecule has 0 aliphatic carbocycles. The van der Waals surface area contributed by atoms with Gasteiger partial charge in [0.25, 0.3) is 0 Å². The Balaban J connectivity index is 2.30. The Morgan fingerprint density at radius 3 is 2.83 bits per heavy atom. The monoisotopic (exact) mass is 249 g/mol. The number of ether oxygens (including phenoxy) is 1. The maximum Gasteiger partial charge on any atom is 0.222 e. The average molecular weight is 249 g/mol. The second-order valence-electron chi connectivity index (χ2n) is 3.08. The van der Waals surface area contributed by atoms with Gasteiger partial charge in [0.1, 0.15) is 18.0 Å². The zero-order valence-electron chi connectivity index (χ0n) is 8.79. The van der Waals surface area contributed by atoms with E-state index in [2.05, 4.69) is 20.0 Å². The van der Waals surface area contributed by atoms with Gasteiger partial charge in [0.2, 0.25) is 5.88 Å². The standard InChI is InChI=1S/C10H5F2N5O/c11-6-1-2-7(12)8(3-6)18-10-4-9(16-17-13)14-5-15-10/h1-5H. The molecule has 1 aromatic heterocycles. The molecule has 0 N–H and O–H groups in total. The number of halogens is 2. The van der Waals surface area contributed by atoms with Crippen molar-refractivity contribution in [1.29, 1.82) is 0 Å². The fraction of sp³-hybridized carbons (Fsp3) is 0.